The fourth-order valence-electron chi connectivity index (χ4n) is 1.80. The van der Waals surface area contributed by atoms with E-state index in [0.29, 0.717) is 11.3 Å². The molecule has 0 saturated heterocycles. The molecule has 3 heteroatoms. The van der Waals surface area contributed by atoms with Gasteiger partial charge in [0.1, 0.15) is 5.75 Å². The fraction of sp³-hybridized carbons (Fsp3) is 0.118. The standard InChI is InChI=1S/C17H16O3/c1-19-15-10-8-13(9-11-15)12-16(20-2)17(18)14-6-4-3-5-7-14/h3-12H,1-2H3. The summed E-state index contributed by atoms with van der Waals surface area (Å²) < 4.78 is 10.3. The summed E-state index contributed by atoms with van der Waals surface area (Å²) in [7, 11) is 3.11. The monoisotopic (exact) mass is 268 g/mol. The number of benzene rings is 2. The molecule has 0 bridgehead atoms. The minimum Gasteiger partial charge on any atom is -0.497 e. The van der Waals surface area contributed by atoms with Crippen molar-refractivity contribution >= 4 is 11.9 Å². The number of carbonyl (C=O) groups is 1. The van der Waals surface area contributed by atoms with Crippen LogP contribution in [0.25, 0.3) is 6.08 Å². The molecule has 0 amide bonds. The maximum atomic E-state index is 12.3. The first-order valence-corrected chi connectivity index (χ1v) is 6.24. The van der Waals surface area contributed by atoms with Crippen LogP contribution in [0.4, 0.5) is 0 Å². The summed E-state index contributed by atoms with van der Waals surface area (Å²) in [5.41, 5.74) is 1.49. The molecule has 2 aromatic rings. The summed E-state index contributed by atoms with van der Waals surface area (Å²) in [4.78, 5) is 12.3. The molecule has 0 aliphatic rings. The van der Waals surface area contributed by atoms with Gasteiger partial charge in [0, 0.05) is 5.56 Å². The van der Waals surface area contributed by atoms with Gasteiger partial charge in [0.05, 0.1) is 14.2 Å². The molecule has 0 unspecified atom stereocenters. The Hall–Kier alpha value is -2.55. The summed E-state index contributed by atoms with van der Waals surface area (Å²) in [6.45, 7) is 0. The topological polar surface area (TPSA) is 35.5 Å². The van der Waals surface area contributed by atoms with Crippen molar-refractivity contribution in [2.75, 3.05) is 14.2 Å². The quantitative estimate of drug-likeness (QED) is 0.472. The van der Waals surface area contributed by atoms with Crippen molar-refractivity contribution in [3.63, 3.8) is 0 Å². The Bertz CT molecular complexity index is 598. The number of hydrogen-bond acceptors (Lipinski definition) is 3. The number of methoxy groups -OCH3 is 2. The Labute approximate surface area is 118 Å². The predicted octanol–water partition coefficient (Wildman–Crippen LogP) is 3.57. The van der Waals surface area contributed by atoms with E-state index in [2.05, 4.69) is 0 Å². The first-order chi connectivity index (χ1) is 9.74. The Morgan fingerprint density at radius 3 is 2.15 bits per heavy atom. The number of rotatable bonds is 5. The normalized spacial score (nSPS) is 11.0. The molecule has 20 heavy (non-hydrogen) atoms. The van der Waals surface area contributed by atoms with Gasteiger partial charge in [-0.2, -0.15) is 0 Å². The average molecular weight is 268 g/mol. The number of ketones is 1. The molecule has 0 aliphatic heterocycles. The van der Waals surface area contributed by atoms with Gasteiger partial charge in [0.25, 0.3) is 0 Å². The van der Waals surface area contributed by atoms with Crippen molar-refractivity contribution in [1.29, 1.82) is 0 Å². The highest BCUT2D eigenvalue weighted by molar-refractivity contribution is 6.09. The molecule has 0 radical (unpaired) electrons. The van der Waals surface area contributed by atoms with Gasteiger partial charge in [0.15, 0.2) is 5.76 Å². The molecule has 2 aromatic carbocycles. The van der Waals surface area contributed by atoms with Gasteiger partial charge in [-0.25, -0.2) is 0 Å². The second kappa shape index (κ2) is 6.57. The number of allylic oxidation sites excluding steroid dienone is 1. The predicted molar refractivity (Wildman–Crippen MR) is 78.8 cm³/mol. The number of hydrogen-bond donors (Lipinski definition) is 0. The molecule has 0 aliphatic carbocycles. The zero-order valence-corrected chi connectivity index (χ0v) is 11.5. The highest BCUT2D eigenvalue weighted by Crippen LogP contribution is 2.16. The van der Waals surface area contributed by atoms with Gasteiger partial charge in [-0.3, -0.25) is 4.79 Å². The van der Waals surface area contributed by atoms with Gasteiger partial charge < -0.3 is 9.47 Å². The van der Waals surface area contributed by atoms with Crippen LogP contribution in [0.5, 0.6) is 5.75 Å². The largest absolute Gasteiger partial charge is 0.497 e. The van der Waals surface area contributed by atoms with Crippen molar-refractivity contribution in [2.24, 2.45) is 0 Å². The van der Waals surface area contributed by atoms with Gasteiger partial charge in [-0.05, 0) is 23.8 Å². The molecule has 0 N–H and O–H groups in total. The van der Waals surface area contributed by atoms with E-state index in [1.165, 1.54) is 7.11 Å². The molecule has 102 valence electrons. The zero-order chi connectivity index (χ0) is 14.4. The molecule has 0 heterocycles. The van der Waals surface area contributed by atoms with Crippen LogP contribution < -0.4 is 4.74 Å². The zero-order valence-electron chi connectivity index (χ0n) is 11.5. The highest BCUT2D eigenvalue weighted by atomic mass is 16.5. The van der Waals surface area contributed by atoms with E-state index in [1.807, 2.05) is 42.5 Å². The molecule has 0 saturated carbocycles. The molecular formula is C17H16O3. The van der Waals surface area contributed by atoms with Crippen LogP contribution in [-0.2, 0) is 4.74 Å². The summed E-state index contributed by atoms with van der Waals surface area (Å²) >= 11 is 0. The lowest BCUT2D eigenvalue weighted by Gasteiger charge is -2.06. The summed E-state index contributed by atoms with van der Waals surface area (Å²) in [5.74, 6) is 0.945. The van der Waals surface area contributed by atoms with Gasteiger partial charge in [-0.1, -0.05) is 42.5 Å². The van der Waals surface area contributed by atoms with Crippen molar-refractivity contribution < 1.29 is 14.3 Å². The third kappa shape index (κ3) is 3.26. The van der Waals surface area contributed by atoms with Crippen molar-refractivity contribution in [3.8, 4) is 5.75 Å². The summed E-state index contributed by atoms with van der Waals surface area (Å²) in [6.07, 6.45) is 1.72. The highest BCUT2D eigenvalue weighted by Gasteiger charge is 2.12. The summed E-state index contributed by atoms with van der Waals surface area (Å²) in [5, 5.41) is 0. The van der Waals surface area contributed by atoms with Crippen molar-refractivity contribution in [1.82, 2.24) is 0 Å². The van der Waals surface area contributed by atoms with Crippen LogP contribution in [0.15, 0.2) is 60.4 Å². The van der Waals surface area contributed by atoms with Crippen LogP contribution in [-0.4, -0.2) is 20.0 Å². The smallest absolute Gasteiger partial charge is 0.227 e. The number of carbonyl (C=O) groups excluding carboxylic acids is 1. The van der Waals surface area contributed by atoms with Crippen LogP contribution in [0.1, 0.15) is 15.9 Å². The first kappa shape index (κ1) is 13.9. The fourth-order valence-corrected chi connectivity index (χ4v) is 1.80. The Morgan fingerprint density at radius 2 is 1.60 bits per heavy atom. The van der Waals surface area contributed by atoms with Gasteiger partial charge >= 0.3 is 0 Å². The van der Waals surface area contributed by atoms with E-state index in [0.717, 1.165) is 11.3 Å². The van der Waals surface area contributed by atoms with Crippen LogP contribution >= 0.6 is 0 Å². The molecule has 0 fully saturated rings. The van der Waals surface area contributed by atoms with Crippen LogP contribution in [0.2, 0.25) is 0 Å². The lowest BCUT2D eigenvalue weighted by atomic mass is 10.1. The third-order valence-corrected chi connectivity index (χ3v) is 2.89. The molecular weight excluding hydrogens is 252 g/mol. The minimum absolute atomic E-state index is 0.135. The summed E-state index contributed by atoms with van der Waals surface area (Å²) in [6, 6.07) is 16.5. The molecule has 0 aromatic heterocycles. The number of Topliss-reactive ketones (excluding diaryl/α,β-unsaturated/α-hetero) is 1. The van der Waals surface area contributed by atoms with Crippen LogP contribution in [0.3, 0.4) is 0 Å². The second-order valence-corrected chi connectivity index (χ2v) is 4.18. The minimum atomic E-state index is -0.135. The van der Waals surface area contributed by atoms with Crippen molar-refractivity contribution in [2.45, 2.75) is 0 Å². The average Bonchev–Trinajstić information content (AvgIpc) is 2.53. The molecule has 2 rings (SSSR count). The lowest BCUT2D eigenvalue weighted by molar-refractivity contribution is 0.0957. The lowest BCUT2D eigenvalue weighted by Crippen LogP contribution is -2.04. The SMILES string of the molecule is COC(=Cc1ccc(OC)cc1)C(=O)c1ccccc1. The van der Waals surface area contributed by atoms with E-state index in [9.17, 15) is 4.79 Å². The van der Waals surface area contributed by atoms with Gasteiger partial charge in [-0.15, -0.1) is 0 Å². The molecule has 0 atom stereocenters. The Balaban J connectivity index is 2.26. The van der Waals surface area contributed by atoms with Gasteiger partial charge in [0.2, 0.25) is 5.78 Å². The van der Waals surface area contributed by atoms with E-state index < -0.39 is 0 Å². The third-order valence-electron chi connectivity index (χ3n) is 2.89. The maximum Gasteiger partial charge on any atom is 0.227 e. The molecule has 0 spiro atoms. The van der Waals surface area contributed by atoms with E-state index in [1.54, 1.807) is 25.3 Å². The first-order valence-electron chi connectivity index (χ1n) is 6.24. The Morgan fingerprint density at radius 1 is 0.950 bits per heavy atom. The maximum absolute atomic E-state index is 12.3. The van der Waals surface area contributed by atoms with E-state index in [4.69, 9.17) is 9.47 Å². The van der Waals surface area contributed by atoms with E-state index >= 15 is 0 Å². The van der Waals surface area contributed by atoms with Crippen LogP contribution in [0, 0.1) is 0 Å². The van der Waals surface area contributed by atoms with Crippen molar-refractivity contribution in [3.05, 3.63) is 71.5 Å². The molecule has 3 nitrogen and oxygen atoms in total. The van der Waals surface area contributed by atoms with E-state index in [-0.39, 0.29) is 5.78 Å². The number of ether oxygens (including phenoxy) is 2. The Kier molecular flexibility index (Phi) is 4.56. The second-order valence-electron chi connectivity index (χ2n) is 4.18.